The van der Waals surface area contributed by atoms with Gasteiger partial charge in [0.25, 0.3) is 5.69 Å². The average molecular weight is 265 g/mol. The summed E-state index contributed by atoms with van der Waals surface area (Å²) in [5.74, 6) is 0. The molecule has 1 rings (SSSR count). The molecule has 0 radical (unpaired) electrons. The van der Waals surface area contributed by atoms with Crippen molar-refractivity contribution in [3.8, 4) is 0 Å². The number of rotatable bonds is 7. The van der Waals surface area contributed by atoms with Gasteiger partial charge in [0.15, 0.2) is 0 Å². The molecule has 1 aromatic carbocycles. The summed E-state index contributed by atoms with van der Waals surface area (Å²) < 4.78 is 0. The van der Waals surface area contributed by atoms with Gasteiger partial charge >= 0.3 is 0 Å². The largest absolute Gasteiger partial charge is 0.308 e. The Kier molecular flexibility index (Phi) is 5.92. The fraction of sp³-hybridized carbons (Fsp3) is 0.571. The lowest BCUT2D eigenvalue weighted by molar-refractivity contribution is -0.384. The molecule has 106 valence electrons. The van der Waals surface area contributed by atoms with Gasteiger partial charge in [-0.3, -0.25) is 10.1 Å². The van der Waals surface area contributed by atoms with Gasteiger partial charge in [-0.1, -0.05) is 19.1 Å². The number of nitrogens with one attached hydrogen (secondary N) is 1. The van der Waals surface area contributed by atoms with Gasteiger partial charge in [0.2, 0.25) is 0 Å². The number of hydrogen-bond donors (Lipinski definition) is 1. The predicted octanol–water partition coefficient (Wildman–Crippen LogP) is 2.59. The second kappa shape index (κ2) is 7.21. The molecule has 19 heavy (non-hydrogen) atoms. The van der Waals surface area contributed by atoms with E-state index in [1.807, 2.05) is 20.2 Å². The molecule has 1 N–H and O–H groups in total. The first-order valence-electron chi connectivity index (χ1n) is 6.59. The smallest absolute Gasteiger partial charge is 0.269 e. The summed E-state index contributed by atoms with van der Waals surface area (Å²) in [5.41, 5.74) is 1.13. The van der Waals surface area contributed by atoms with Gasteiger partial charge < -0.3 is 10.2 Å². The maximum Gasteiger partial charge on any atom is 0.269 e. The third-order valence-electron chi connectivity index (χ3n) is 3.43. The Morgan fingerprint density at radius 2 is 2.11 bits per heavy atom. The van der Waals surface area contributed by atoms with E-state index < -0.39 is 0 Å². The molecule has 2 atom stereocenters. The second-order valence-electron chi connectivity index (χ2n) is 5.03. The molecule has 0 fully saturated rings. The zero-order valence-corrected chi connectivity index (χ0v) is 12.1. The van der Waals surface area contributed by atoms with Crippen LogP contribution in [0.5, 0.6) is 0 Å². The summed E-state index contributed by atoms with van der Waals surface area (Å²) in [6.45, 7) is 5.08. The monoisotopic (exact) mass is 265 g/mol. The van der Waals surface area contributed by atoms with Gasteiger partial charge in [-0.25, -0.2) is 0 Å². The highest BCUT2D eigenvalue weighted by atomic mass is 16.6. The first-order chi connectivity index (χ1) is 8.95. The Hall–Kier alpha value is -1.46. The van der Waals surface area contributed by atoms with E-state index in [0.717, 1.165) is 18.5 Å². The molecule has 1 aromatic rings. The number of likely N-dealkylation sites (N-methyl/N-ethyl adjacent to an activating group) is 1. The Balaban J connectivity index is 2.74. The van der Waals surface area contributed by atoms with E-state index in [1.165, 1.54) is 6.07 Å². The van der Waals surface area contributed by atoms with Crippen LogP contribution < -0.4 is 5.32 Å². The fourth-order valence-corrected chi connectivity index (χ4v) is 1.85. The van der Waals surface area contributed by atoms with Crippen LogP contribution in [-0.4, -0.2) is 36.5 Å². The zero-order valence-electron chi connectivity index (χ0n) is 12.1. The number of nitro benzene ring substituents is 1. The van der Waals surface area contributed by atoms with Crippen LogP contribution >= 0.6 is 0 Å². The van der Waals surface area contributed by atoms with Gasteiger partial charge in [0.05, 0.1) is 4.92 Å². The highest BCUT2D eigenvalue weighted by Crippen LogP contribution is 2.21. The van der Waals surface area contributed by atoms with Crippen molar-refractivity contribution < 1.29 is 4.92 Å². The molecule has 0 aromatic heterocycles. The Morgan fingerprint density at radius 1 is 1.42 bits per heavy atom. The van der Waals surface area contributed by atoms with Crippen LogP contribution in [0.1, 0.15) is 31.9 Å². The van der Waals surface area contributed by atoms with E-state index >= 15 is 0 Å². The van der Waals surface area contributed by atoms with Crippen LogP contribution in [0, 0.1) is 10.1 Å². The molecule has 0 saturated heterocycles. The number of hydrogen-bond acceptors (Lipinski definition) is 4. The maximum absolute atomic E-state index is 10.8. The molecule has 5 nitrogen and oxygen atoms in total. The SMILES string of the molecule is CCC(NCC(C)N(C)C)c1cccc([N+](=O)[O-])c1. The van der Waals surface area contributed by atoms with Gasteiger partial charge in [-0.05, 0) is 33.0 Å². The molecular formula is C14H23N3O2. The summed E-state index contributed by atoms with van der Waals surface area (Å²) in [6, 6.07) is 7.44. The van der Waals surface area contributed by atoms with Crippen molar-refractivity contribution in [1.29, 1.82) is 0 Å². The standard InChI is InChI=1S/C14H23N3O2/c1-5-14(15-10-11(2)16(3)4)12-7-6-8-13(9-12)17(18)19/h6-9,11,14-15H,5,10H2,1-4H3. The molecule has 0 spiro atoms. The van der Waals surface area contributed by atoms with Crippen LogP contribution in [0.3, 0.4) is 0 Å². The summed E-state index contributed by atoms with van der Waals surface area (Å²) >= 11 is 0. The molecule has 0 bridgehead atoms. The van der Waals surface area contributed by atoms with Crippen LogP contribution in [0.4, 0.5) is 5.69 Å². The summed E-state index contributed by atoms with van der Waals surface area (Å²) in [5, 5.41) is 14.3. The normalized spacial score (nSPS) is 14.4. The van der Waals surface area contributed by atoms with E-state index in [0.29, 0.717) is 6.04 Å². The van der Waals surface area contributed by atoms with Crippen molar-refractivity contribution in [3.05, 3.63) is 39.9 Å². The van der Waals surface area contributed by atoms with Gasteiger partial charge in [-0.15, -0.1) is 0 Å². The lowest BCUT2D eigenvalue weighted by Crippen LogP contribution is -2.37. The van der Waals surface area contributed by atoms with E-state index in [2.05, 4.69) is 24.1 Å². The summed E-state index contributed by atoms with van der Waals surface area (Å²) in [7, 11) is 4.08. The molecular weight excluding hydrogens is 242 g/mol. The molecule has 0 aliphatic heterocycles. The third-order valence-corrected chi connectivity index (χ3v) is 3.43. The maximum atomic E-state index is 10.8. The molecule has 0 saturated carbocycles. The van der Waals surface area contributed by atoms with Crippen LogP contribution in [0.15, 0.2) is 24.3 Å². The second-order valence-corrected chi connectivity index (χ2v) is 5.03. The Morgan fingerprint density at radius 3 is 2.63 bits per heavy atom. The van der Waals surface area contributed by atoms with Gasteiger partial charge in [-0.2, -0.15) is 0 Å². The minimum absolute atomic E-state index is 0.151. The molecule has 2 unspecified atom stereocenters. The first kappa shape index (κ1) is 15.6. The van der Waals surface area contributed by atoms with Crippen molar-refractivity contribution in [2.45, 2.75) is 32.4 Å². The van der Waals surface area contributed by atoms with Crippen LogP contribution in [0.2, 0.25) is 0 Å². The summed E-state index contributed by atoms with van der Waals surface area (Å²) in [6.07, 6.45) is 0.904. The quantitative estimate of drug-likeness (QED) is 0.608. The van der Waals surface area contributed by atoms with Crippen molar-refractivity contribution in [2.24, 2.45) is 0 Å². The highest BCUT2D eigenvalue weighted by molar-refractivity contribution is 5.35. The summed E-state index contributed by atoms with van der Waals surface area (Å²) in [4.78, 5) is 12.6. The Labute approximate surface area is 114 Å². The Bertz CT molecular complexity index is 421. The van der Waals surface area contributed by atoms with E-state index in [-0.39, 0.29) is 16.7 Å². The van der Waals surface area contributed by atoms with E-state index in [1.54, 1.807) is 12.1 Å². The third kappa shape index (κ3) is 4.61. The number of benzene rings is 1. The molecule has 5 heteroatoms. The van der Waals surface area contributed by atoms with Crippen LogP contribution in [-0.2, 0) is 0 Å². The van der Waals surface area contributed by atoms with Crippen molar-refractivity contribution >= 4 is 5.69 Å². The van der Waals surface area contributed by atoms with Gasteiger partial charge in [0, 0.05) is 30.8 Å². The number of non-ortho nitro benzene ring substituents is 1. The minimum atomic E-state index is -0.349. The average Bonchev–Trinajstić information content (AvgIpc) is 2.39. The minimum Gasteiger partial charge on any atom is -0.308 e. The van der Waals surface area contributed by atoms with E-state index in [4.69, 9.17) is 0 Å². The van der Waals surface area contributed by atoms with Crippen molar-refractivity contribution in [3.63, 3.8) is 0 Å². The molecule has 0 heterocycles. The zero-order chi connectivity index (χ0) is 14.4. The van der Waals surface area contributed by atoms with Gasteiger partial charge in [0.1, 0.15) is 0 Å². The first-order valence-corrected chi connectivity index (χ1v) is 6.59. The highest BCUT2D eigenvalue weighted by Gasteiger charge is 2.14. The lowest BCUT2D eigenvalue weighted by Gasteiger charge is -2.24. The number of nitro groups is 1. The molecule has 0 aliphatic carbocycles. The van der Waals surface area contributed by atoms with Crippen molar-refractivity contribution in [1.82, 2.24) is 10.2 Å². The van der Waals surface area contributed by atoms with Crippen LogP contribution in [0.25, 0.3) is 0 Å². The topological polar surface area (TPSA) is 58.4 Å². The van der Waals surface area contributed by atoms with E-state index in [9.17, 15) is 10.1 Å². The molecule has 0 amide bonds. The predicted molar refractivity (Wildman–Crippen MR) is 77.3 cm³/mol. The van der Waals surface area contributed by atoms with Crippen molar-refractivity contribution in [2.75, 3.05) is 20.6 Å². The lowest BCUT2D eigenvalue weighted by atomic mass is 10.0. The molecule has 0 aliphatic rings. The fourth-order valence-electron chi connectivity index (χ4n) is 1.85. The number of nitrogens with zero attached hydrogens (tertiary/aromatic N) is 2.